The third-order valence-corrected chi connectivity index (χ3v) is 2.91. The minimum atomic E-state index is 0.224. The Kier molecular flexibility index (Phi) is 4.11. The molecule has 0 saturated heterocycles. The van der Waals surface area contributed by atoms with Gasteiger partial charge >= 0.3 is 0 Å². The average molecular weight is 197 g/mol. The van der Waals surface area contributed by atoms with Gasteiger partial charge in [0.1, 0.15) is 6.29 Å². The first-order valence-corrected chi connectivity index (χ1v) is 5.72. The van der Waals surface area contributed by atoms with E-state index < -0.39 is 0 Å². The van der Waals surface area contributed by atoms with Crippen molar-refractivity contribution in [2.45, 2.75) is 64.5 Å². The Morgan fingerprint density at radius 2 is 1.79 bits per heavy atom. The highest BCUT2D eigenvalue weighted by Gasteiger charge is 2.23. The molecule has 1 aliphatic rings. The van der Waals surface area contributed by atoms with Gasteiger partial charge in [-0.05, 0) is 52.4 Å². The molecule has 0 radical (unpaired) electrons. The predicted octanol–water partition coefficient (Wildman–Crippen LogP) is 2.52. The zero-order valence-corrected chi connectivity index (χ0v) is 9.68. The van der Waals surface area contributed by atoms with Crippen LogP contribution in [0.5, 0.6) is 0 Å². The quantitative estimate of drug-likeness (QED) is 0.704. The Labute approximate surface area is 87.5 Å². The molecule has 1 fully saturated rings. The van der Waals surface area contributed by atoms with Gasteiger partial charge in [0.15, 0.2) is 0 Å². The number of carbonyl (C=O) groups is 1. The molecule has 14 heavy (non-hydrogen) atoms. The standard InChI is InChI=1S/C12H23NO/c1-12(2,3)13-11-6-4-10(5-7-11)8-9-14/h9-11,13H,4-8H2,1-3H3. The van der Waals surface area contributed by atoms with Crippen LogP contribution < -0.4 is 5.32 Å². The maximum absolute atomic E-state index is 10.4. The number of hydrogen-bond acceptors (Lipinski definition) is 2. The number of nitrogens with one attached hydrogen (secondary N) is 1. The maximum Gasteiger partial charge on any atom is 0.120 e. The molecule has 1 saturated carbocycles. The Bertz CT molecular complexity index is 175. The van der Waals surface area contributed by atoms with Gasteiger partial charge in [0.05, 0.1) is 0 Å². The minimum Gasteiger partial charge on any atom is -0.309 e. The molecular formula is C12H23NO. The molecule has 0 unspecified atom stereocenters. The van der Waals surface area contributed by atoms with E-state index >= 15 is 0 Å². The van der Waals surface area contributed by atoms with Gasteiger partial charge in [-0.2, -0.15) is 0 Å². The molecule has 0 heterocycles. The molecule has 0 amide bonds. The van der Waals surface area contributed by atoms with Crippen LogP contribution in [0.1, 0.15) is 52.9 Å². The lowest BCUT2D eigenvalue weighted by atomic mass is 9.83. The third-order valence-electron chi connectivity index (χ3n) is 2.91. The second kappa shape index (κ2) is 4.92. The highest BCUT2D eigenvalue weighted by atomic mass is 16.1. The van der Waals surface area contributed by atoms with Gasteiger partial charge in [0, 0.05) is 18.0 Å². The lowest BCUT2D eigenvalue weighted by Crippen LogP contribution is -2.45. The maximum atomic E-state index is 10.4. The molecular weight excluding hydrogens is 174 g/mol. The van der Waals surface area contributed by atoms with Crippen molar-refractivity contribution in [1.29, 1.82) is 0 Å². The van der Waals surface area contributed by atoms with E-state index in [2.05, 4.69) is 26.1 Å². The van der Waals surface area contributed by atoms with Gasteiger partial charge < -0.3 is 10.1 Å². The summed E-state index contributed by atoms with van der Waals surface area (Å²) in [5, 5.41) is 3.63. The molecule has 2 heteroatoms. The predicted molar refractivity (Wildman–Crippen MR) is 59.3 cm³/mol. The average Bonchev–Trinajstić information content (AvgIpc) is 2.06. The Balaban J connectivity index is 2.25. The Hall–Kier alpha value is -0.370. The first-order valence-electron chi connectivity index (χ1n) is 5.72. The number of carbonyl (C=O) groups excluding carboxylic acids is 1. The van der Waals surface area contributed by atoms with Crippen LogP contribution in [0.3, 0.4) is 0 Å². The summed E-state index contributed by atoms with van der Waals surface area (Å²) in [7, 11) is 0. The van der Waals surface area contributed by atoms with Crippen LogP contribution in [0.4, 0.5) is 0 Å². The highest BCUT2D eigenvalue weighted by Crippen LogP contribution is 2.27. The van der Waals surface area contributed by atoms with Gasteiger partial charge in [0.25, 0.3) is 0 Å². The van der Waals surface area contributed by atoms with Crippen molar-refractivity contribution in [1.82, 2.24) is 5.32 Å². The van der Waals surface area contributed by atoms with Crippen molar-refractivity contribution in [3.8, 4) is 0 Å². The molecule has 0 aliphatic heterocycles. The summed E-state index contributed by atoms with van der Waals surface area (Å²) in [6.07, 6.45) is 6.73. The van der Waals surface area contributed by atoms with Crippen molar-refractivity contribution in [2.75, 3.05) is 0 Å². The van der Waals surface area contributed by atoms with Crippen molar-refractivity contribution in [2.24, 2.45) is 5.92 Å². The first kappa shape index (κ1) is 11.7. The van der Waals surface area contributed by atoms with E-state index in [1.807, 2.05) is 0 Å². The molecule has 0 aromatic carbocycles. The monoisotopic (exact) mass is 197 g/mol. The van der Waals surface area contributed by atoms with Gasteiger partial charge in [0.2, 0.25) is 0 Å². The van der Waals surface area contributed by atoms with Gasteiger partial charge in [-0.15, -0.1) is 0 Å². The Morgan fingerprint density at radius 1 is 1.21 bits per heavy atom. The van der Waals surface area contributed by atoms with Crippen LogP contribution >= 0.6 is 0 Å². The molecule has 1 aliphatic carbocycles. The SMILES string of the molecule is CC(C)(C)NC1CCC(CC=O)CC1. The molecule has 1 N–H and O–H groups in total. The van der Waals surface area contributed by atoms with E-state index in [9.17, 15) is 4.79 Å². The summed E-state index contributed by atoms with van der Waals surface area (Å²) in [5.74, 6) is 0.658. The fourth-order valence-electron chi connectivity index (χ4n) is 2.29. The summed E-state index contributed by atoms with van der Waals surface area (Å²) >= 11 is 0. The van der Waals surface area contributed by atoms with Crippen molar-refractivity contribution < 1.29 is 4.79 Å². The Morgan fingerprint density at radius 3 is 2.21 bits per heavy atom. The summed E-state index contributed by atoms with van der Waals surface area (Å²) in [5.41, 5.74) is 0.224. The zero-order chi connectivity index (χ0) is 10.6. The fraction of sp³-hybridized carbons (Fsp3) is 0.917. The van der Waals surface area contributed by atoms with Gasteiger partial charge in [-0.3, -0.25) is 0 Å². The van der Waals surface area contributed by atoms with Crippen LogP contribution in [-0.4, -0.2) is 17.9 Å². The fourth-order valence-corrected chi connectivity index (χ4v) is 2.29. The van der Waals surface area contributed by atoms with E-state index in [4.69, 9.17) is 0 Å². The topological polar surface area (TPSA) is 29.1 Å². The molecule has 0 aromatic rings. The lowest BCUT2D eigenvalue weighted by Gasteiger charge is -2.33. The molecule has 2 nitrogen and oxygen atoms in total. The summed E-state index contributed by atoms with van der Waals surface area (Å²) in [4.78, 5) is 10.4. The molecule has 0 spiro atoms. The van der Waals surface area contributed by atoms with E-state index in [0.29, 0.717) is 12.0 Å². The van der Waals surface area contributed by atoms with Crippen molar-refractivity contribution >= 4 is 6.29 Å². The summed E-state index contributed by atoms with van der Waals surface area (Å²) in [6.45, 7) is 6.64. The summed E-state index contributed by atoms with van der Waals surface area (Å²) < 4.78 is 0. The minimum absolute atomic E-state index is 0.224. The van der Waals surface area contributed by atoms with Crippen molar-refractivity contribution in [3.05, 3.63) is 0 Å². The molecule has 0 aromatic heterocycles. The van der Waals surface area contributed by atoms with Crippen molar-refractivity contribution in [3.63, 3.8) is 0 Å². The lowest BCUT2D eigenvalue weighted by molar-refractivity contribution is -0.108. The van der Waals surface area contributed by atoms with Crippen LogP contribution in [0.15, 0.2) is 0 Å². The van der Waals surface area contributed by atoms with Gasteiger partial charge in [-0.25, -0.2) is 0 Å². The zero-order valence-electron chi connectivity index (χ0n) is 9.68. The second-order valence-electron chi connectivity index (χ2n) is 5.51. The number of aldehydes is 1. The molecule has 82 valence electrons. The number of rotatable bonds is 3. The van der Waals surface area contributed by atoms with E-state index in [1.165, 1.54) is 25.7 Å². The summed E-state index contributed by atoms with van der Waals surface area (Å²) in [6, 6.07) is 0.665. The number of hydrogen-bond donors (Lipinski definition) is 1. The smallest absolute Gasteiger partial charge is 0.120 e. The third kappa shape index (κ3) is 4.23. The van der Waals surface area contributed by atoms with Crippen LogP contribution in [0.25, 0.3) is 0 Å². The van der Waals surface area contributed by atoms with Gasteiger partial charge in [-0.1, -0.05) is 0 Å². The van der Waals surface area contributed by atoms with Crippen LogP contribution in [-0.2, 0) is 4.79 Å². The molecule has 0 bridgehead atoms. The van der Waals surface area contributed by atoms with E-state index in [-0.39, 0.29) is 5.54 Å². The largest absolute Gasteiger partial charge is 0.309 e. The molecule has 1 rings (SSSR count). The van der Waals surface area contributed by atoms with E-state index in [1.54, 1.807) is 0 Å². The van der Waals surface area contributed by atoms with Crippen LogP contribution in [0, 0.1) is 5.92 Å². The highest BCUT2D eigenvalue weighted by molar-refractivity contribution is 5.49. The van der Waals surface area contributed by atoms with E-state index in [0.717, 1.165) is 12.7 Å². The first-order chi connectivity index (χ1) is 6.51. The molecule has 0 atom stereocenters. The normalized spacial score (nSPS) is 28.8. The second-order valence-corrected chi connectivity index (χ2v) is 5.51. The van der Waals surface area contributed by atoms with Crippen LogP contribution in [0.2, 0.25) is 0 Å².